The molecule has 0 aliphatic rings. The average Bonchev–Trinajstić information content (AvgIpc) is 3.03. The van der Waals surface area contributed by atoms with Crippen LogP contribution in [0.5, 0.6) is 5.75 Å². The Morgan fingerprint density at radius 3 is 2.84 bits per heavy atom. The zero-order chi connectivity index (χ0) is 13.4. The van der Waals surface area contributed by atoms with Crippen molar-refractivity contribution in [1.29, 1.82) is 0 Å². The van der Waals surface area contributed by atoms with Gasteiger partial charge in [-0.1, -0.05) is 11.6 Å². The highest BCUT2D eigenvalue weighted by molar-refractivity contribution is 7.18. The van der Waals surface area contributed by atoms with Gasteiger partial charge >= 0.3 is 0 Å². The number of methoxy groups -OCH3 is 1. The molecule has 2 heterocycles. The zero-order valence-electron chi connectivity index (χ0n) is 10.1. The number of nitrogens with one attached hydrogen (secondary N) is 1. The Labute approximate surface area is 118 Å². The summed E-state index contributed by atoms with van der Waals surface area (Å²) in [4.78, 5) is 16.2. The van der Waals surface area contributed by atoms with E-state index in [9.17, 15) is 4.79 Å². The first kappa shape index (κ1) is 12.3. The molecule has 0 fully saturated rings. The summed E-state index contributed by atoms with van der Waals surface area (Å²) in [5, 5.41) is 0.855. The van der Waals surface area contributed by atoms with Crippen molar-refractivity contribution in [2.24, 2.45) is 0 Å². The number of carbonyl (C=O) groups excluding carboxylic acids is 1. The van der Waals surface area contributed by atoms with Crippen LogP contribution in [0.4, 0.5) is 0 Å². The van der Waals surface area contributed by atoms with Gasteiger partial charge in [-0.3, -0.25) is 4.79 Å². The Kier molecular flexibility index (Phi) is 3.05. The van der Waals surface area contributed by atoms with E-state index in [-0.39, 0.29) is 5.78 Å². The zero-order valence-corrected chi connectivity index (χ0v) is 11.6. The minimum absolute atomic E-state index is 0.0311. The van der Waals surface area contributed by atoms with Crippen molar-refractivity contribution in [3.8, 4) is 5.75 Å². The van der Waals surface area contributed by atoms with Crippen molar-refractivity contribution in [3.63, 3.8) is 0 Å². The van der Waals surface area contributed by atoms with Gasteiger partial charge in [0.25, 0.3) is 0 Å². The van der Waals surface area contributed by atoms with E-state index in [1.54, 1.807) is 25.4 Å². The molecule has 3 nitrogen and oxygen atoms in total. The third-order valence-electron chi connectivity index (χ3n) is 2.93. The highest BCUT2D eigenvalue weighted by atomic mass is 35.5. The fourth-order valence-electron chi connectivity index (χ4n) is 1.98. The van der Waals surface area contributed by atoms with Crippen molar-refractivity contribution in [1.82, 2.24) is 4.98 Å². The molecule has 1 aromatic carbocycles. The number of hydrogen-bond acceptors (Lipinski definition) is 3. The first-order valence-corrected chi connectivity index (χ1v) is 6.83. The lowest BCUT2D eigenvalue weighted by atomic mass is 10.1. The van der Waals surface area contributed by atoms with Crippen molar-refractivity contribution in [3.05, 3.63) is 51.3 Å². The second-order valence-corrected chi connectivity index (χ2v) is 5.76. The number of aromatic amines is 1. The summed E-state index contributed by atoms with van der Waals surface area (Å²) in [5.74, 6) is 0.696. The molecule has 0 aliphatic carbocycles. The standard InChI is InChI=1S/C14H10ClNO2S/c1-18-8-2-3-11-9(6-8)10(7-16-11)14(17)12-4-5-13(15)19-12/h2-7,16H,1H3. The van der Waals surface area contributed by atoms with Crippen molar-refractivity contribution in [2.45, 2.75) is 0 Å². The predicted molar refractivity (Wildman–Crippen MR) is 77.6 cm³/mol. The van der Waals surface area contributed by atoms with Crippen LogP contribution in [0.1, 0.15) is 15.2 Å². The number of H-pyrrole nitrogens is 1. The molecule has 3 rings (SSSR count). The minimum atomic E-state index is -0.0311. The van der Waals surface area contributed by atoms with Crippen LogP contribution < -0.4 is 4.74 Å². The molecule has 0 saturated carbocycles. The molecule has 0 amide bonds. The molecule has 0 radical (unpaired) electrons. The van der Waals surface area contributed by atoms with Crippen molar-refractivity contribution >= 4 is 39.6 Å². The van der Waals surface area contributed by atoms with Crippen LogP contribution in [0.3, 0.4) is 0 Å². The van der Waals surface area contributed by atoms with E-state index in [4.69, 9.17) is 16.3 Å². The molecule has 0 aliphatic heterocycles. The summed E-state index contributed by atoms with van der Waals surface area (Å²) >= 11 is 7.15. The Balaban J connectivity index is 2.12. The summed E-state index contributed by atoms with van der Waals surface area (Å²) in [7, 11) is 1.61. The SMILES string of the molecule is COc1ccc2[nH]cc(C(=O)c3ccc(Cl)s3)c2c1. The number of ether oxygens (including phenoxy) is 1. The lowest BCUT2D eigenvalue weighted by Gasteiger charge is -2.00. The van der Waals surface area contributed by atoms with Crippen LogP contribution in [-0.2, 0) is 0 Å². The lowest BCUT2D eigenvalue weighted by molar-refractivity contribution is 0.104. The number of thiophene rings is 1. The van der Waals surface area contributed by atoms with Gasteiger partial charge in [-0.25, -0.2) is 0 Å². The second kappa shape index (κ2) is 4.72. The predicted octanol–water partition coefficient (Wildman–Crippen LogP) is 4.12. The van der Waals surface area contributed by atoms with Crippen molar-refractivity contribution in [2.75, 3.05) is 7.11 Å². The van der Waals surface area contributed by atoms with Crippen LogP contribution in [-0.4, -0.2) is 17.9 Å². The Hall–Kier alpha value is -1.78. The topological polar surface area (TPSA) is 42.1 Å². The molecular formula is C14H10ClNO2S. The summed E-state index contributed by atoms with van der Waals surface area (Å²) in [6, 6.07) is 9.08. The molecule has 0 spiro atoms. The number of hydrogen-bond donors (Lipinski definition) is 1. The van der Waals surface area contributed by atoms with Crippen LogP contribution >= 0.6 is 22.9 Å². The normalized spacial score (nSPS) is 10.8. The van der Waals surface area contributed by atoms with Gasteiger partial charge in [-0.2, -0.15) is 0 Å². The van der Waals surface area contributed by atoms with E-state index in [1.165, 1.54) is 11.3 Å². The maximum Gasteiger partial charge on any atom is 0.205 e. The fourth-order valence-corrected chi connectivity index (χ4v) is 2.98. The Bertz CT molecular complexity index is 760. The highest BCUT2D eigenvalue weighted by Crippen LogP contribution is 2.28. The maximum atomic E-state index is 12.4. The molecule has 0 saturated heterocycles. The summed E-state index contributed by atoms with van der Waals surface area (Å²) < 4.78 is 5.80. The number of benzene rings is 1. The van der Waals surface area contributed by atoms with E-state index in [1.807, 2.05) is 18.2 Å². The third-order valence-corrected chi connectivity index (χ3v) is 4.16. The van der Waals surface area contributed by atoms with Gasteiger partial charge in [0.15, 0.2) is 0 Å². The van der Waals surface area contributed by atoms with Gasteiger partial charge in [0.2, 0.25) is 5.78 Å². The van der Waals surface area contributed by atoms with Crippen LogP contribution in [0.25, 0.3) is 10.9 Å². The van der Waals surface area contributed by atoms with Gasteiger partial charge in [-0.15, -0.1) is 11.3 Å². The number of rotatable bonds is 3. The number of ketones is 1. The quantitative estimate of drug-likeness (QED) is 0.738. The number of carbonyl (C=O) groups is 1. The van der Waals surface area contributed by atoms with E-state index >= 15 is 0 Å². The van der Waals surface area contributed by atoms with Gasteiger partial charge in [-0.05, 0) is 30.3 Å². The van der Waals surface area contributed by atoms with Crippen LogP contribution in [0.15, 0.2) is 36.5 Å². The number of fused-ring (bicyclic) bond motifs is 1. The maximum absolute atomic E-state index is 12.4. The number of aromatic nitrogens is 1. The summed E-state index contributed by atoms with van der Waals surface area (Å²) in [6.07, 6.45) is 1.72. The second-order valence-electron chi connectivity index (χ2n) is 4.05. The number of halogens is 1. The molecular weight excluding hydrogens is 282 g/mol. The molecule has 1 N–H and O–H groups in total. The monoisotopic (exact) mass is 291 g/mol. The van der Waals surface area contributed by atoms with Gasteiger partial charge in [0.05, 0.1) is 16.3 Å². The fraction of sp³-hybridized carbons (Fsp3) is 0.0714. The Morgan fingerprint density at radius 1 is 1.32 bits per heavy atom. The average molecular weight is 292 g/mol. The summed E-state index contributed by atoms with van der Waals surface area (Å²) in [5.41, 5.74) is 1.54. The largest absolute Gasteiger partial charge is 0.497 e. The first-order chi connectivity index (χ1) is 9.19. The van der Waals surface area contributed by atoms with Gasteiger partial charge in [0.1, 0.15) is 5.75 Å². The van der Waals surface area contributed by atoms with Crippen LogP contribution in [0.2, 0.25) is 4.34 Å². The molecule has 5 heteroatoms. The molecule has 0 bridgehead atoms. The van der Waals surface area contributed by atoms with Gasteiger partial charge in [0, 0.05) is 22.7 Å². The van der Waals surface area contributed by atoms with Crippen LogP contribution in [0, 0.1) is 0 Å². The molecule has 3 aromatic rings. The molecule has 0 atom stereocenters. The van der Waals surface area contributed by atoms with Crippen molar-refractivity contribution < 1.29 is 9.53 Å². The Morgan fingerprint density at radius 2 is 2.16 bits per heavy atom. The summed E-state index contributed by atoms with van der Waals surface area (Å²) in [6.45, 7) is 0. The molecule has 96 valence electrons. The molecule has 19 heavy (non-hydrogen) atoms. The molecule has 2 aromatic heterocycles. The highest BCUT2D eigenvalue weighted by Gasteiger charge is 2.16. The van der Waals surface area contributed by atoms with E-state index in [0.29, 0.717) is 14.8 Å². The smallest absolute Gasteiger partial charge is 0.205 e. The third kappa shape index (κ3) is 2.13. The lowest BCUT2D eigenvalue weighted by Crippen LogP contribution is -1.96. The first-order valence-electron chi connectivity index (χ1n) is 5.64. The molecule has 0 unspecified atom stereocenters. The van der Waals surface area contributed by atoms with E-state index < -0.39 is 0 Å². The van der Waals surface area contributed by atoms with Gasteiger partial charge < -0.3 is 9.72 Å². The van der Waals surface area contributed by atoms with E-state index in [0.717, 1.165) is 16.7 Å². The van der Waals surface area contributed by atoms with E-state index in [2.05, 4.69) is 4.98 Å². The minimum Gasteiger partial charge on any atom is -0.497 e.